The van der Waals surface area contributed by atoms with Gasteiger partial charge in [0.05, 0.1) is 12.7 Å². The maximum atomic E-state index is 12.2. The van der Waals surface area contributed by atoms with Crippen molar-refractivity contribution in [1.29, 1.82) is 0 Å². The Bertz CT molecular complexity index is 255. The fourth-order valence-electron chi connectivity index (χ4n) is 2.22. The zero-order chi connectivity index (χ0) is 14.7. The van der Waals surface area contributed by atoms with Crippen LogP contribution in [0.3, 0.4) is 0 Å². The molecule has 0 heterocycles. The highest BCUT2D eigenvalue weighted by Gasteiger charge is 2.58. The molecule has 0 aliphatic heterocycles. The van der Waals surface area contributed by atoms with E-state index in [1.54, 1.807) is 0 Å². The fourth-order valence-corrected chi connectivity index (χ4v) is 2.22. The van der Waals surface area contributed by atoms with Gasteiger partial charge in [0.15, 0.2) is 0 Å². The lowest BCUT2D eigenvalue weighted by Crippen LogP contribution is -2.46. The molecule has 1 saturated carbocycles. The minimum atomic E-state index is -5.52. The maximum absolute atomic E-state index is 12.2. The Kier molecular flexibility index (Phi) is 5.49. The van der Waals surface area contributed by atoms with Gasteiger partial charge in [-0.15, -0.1) is 0 Å². The van der Waals surface area contributed by atoms with Crippen LogP contribution in [0.2, 0.25) is 0 Å². The number of rotatable bonds is 4. The third-order valence-electron chi connectivity index (χ3n) is 3.22. The molecule has 1 fully saturated rings. The van der Waals surface area contributed by atoms with E-state index >= 15 is 0 Å². The molecule has 1 aliphatic rings. The molecule has 114 valence electrons. The quantitative estimate of drug-likeness (QED) is 0.805. The predicted molar refractivity (Wildman–Crippen MR) is 54.4 cm³/mol. The number of alkyl halides is 6. The molecule has 1 aliphatic carbocycles. The first-order chi connectivity index (χ1) is 8.62. The molecule has 0 amide bonds. The van der Waals surface area contributed by atoms with Gasteiger partial charge in [0.25, 0.3) is 0 Å². The summed E-state index contributed by atoms with van der Waals surface area (Å²) in [5, 5.41) is 9.59. The van der Waals surface area contributed by atoms with Gasteiger partial charge in [0.2, 0.25) is 6.10 Å². The molecule has 1 rings (SSSR count). The first-order valence-electron chi connectivity index (χ1n) is 6.05. The molecular weight excluding hydrogens is 278 g/mol. The van der Waals surface area contributed by atoms with E-state index in [1.807, 2.05) is 0 Å². The van der Waals surface area contributed by atoms with E-state index in [0.29, 0.717) is 12.8 Å². The maximum Gasteiger partial charge on any atom is 0.423 e. The Morgan fingerprint density at radius 3 is 1.84 bits per heavy atom. The van der Waals surface area contributed by atoms with Crippen LogP contribution in [-0.4, -0.2) is 36.3 Å². The molecule has 0 bridgehead atoms. The van der Waals surface area contributed by atoms with Crippen molar-refractivity contribution in [3.63, 3.8) is 0 Å². The van der Waals surface area contributed by atoms with Crippen LogP contribution in [0.25, 0.3) is 0 Å². The Labute approximate surface area is 106 Å². The summed E-state index contributed by atoms with van der Waals surface area (Å²) in [6.45, 7) is -0.950. The second kappa shape index (κ2) is 6.30. The Hall–Kier alpha value is -0.500. The van der Waals surface area contributed by atoms with Crippen molar-refractivity contribution >= 4 is 0 Å². The largest absolute Gasteiger partial charge is 0.423 e. The van der Waals surface area contributed by atoms with Crippen molar-refractivity contribution in [2.24, 2.45) is 5.92 Å². The van der Waals surface area contributed by atoms with Gasteiger partial charge in [-0.3, -0.25) is 0 Å². The van der Waals surface area contributed by atoms with E-state index in [2.05, 4.69) is 4.74 Å². The molecule has 0 saturated heterocycles. The van der Waals surface area contributed by atoms with Gasteiger partial charge in [-0.25, -0.2) is 0 Å². The highest BCUT2D eigenvalue weighted by molar-refractivity contribution is 4.78. The number of aliphatic hydroxyl groups is 1. The van der Waals surface area contributed by atoms with Crippen LogP contribution < -0.4 is 0 Å². The van der Waals surface area contributed by atoms with Gasteiger partial charge in [0, 0.05) is 0 Å². The van der Waals surface area contributed by atoms with Gasteiger partial charge >= 0.3 is 12.4 Å². The van der Waals surface area contributed by atoms with Gasteiger partial charge in [-0.1, -0.05) is 19.3 Å². The van der Waals surface area contributed by atoms with Crippen LogP contribution in [0.1, 0.15) is 32.1 Å². The van der Waals surface area contributed by atoms with Gasteiger partial charge in [-0.2, -0.15) is 26.3 Å². The van der Waals surface area contributed by atoms with Crippen molar-refractivity contribution in [2.75, 3.05) is 6.61 Å². The molecule has 0 radical (unpaired) electrons. The Balaban J connectivity index is 2.51. The number of ether oxygens (including phenoxy) is 1. The molecule has 1 N–H and O–H groups in total. The average Bonchev–Trinajstić information content (AvgIpc) is 2.26. The molecule has 0 aromatic heterocycles. The lowest BCUT2D eigenvalue weighted by atomic mass is 9.85. The summed E-state index contributed by atoms with van der Waals surface area (Å²) in [7, 11) is 0. The van der Waals surface area contributed by atoms with Crippen molar-refractivity contribution < 1.29 is 36.2 Å². The SMILES string of the molecule is OC(COC(C(F)(F)F)C(F)(F)F)C1CCCCC1. The lowest BCUT2D eigenvalue weighted by Gasteiger charge is -2.29. The van der Waals surface area contributed by atoms with Crippen molar-refractivity contribution in [1.82, 2.24) is 0 Å². The standard InChI is InChI=1S/C11H16F6O2/c12-10(13,14)9(11(15,16)17)19-6-8(18)7-4-2-1-3-5-7/h7-9,18H,1-6H2. The van der Waals surface area contributed by atoms with Crippen LogP contribution >= 0.6 is 0 Å². The molecule has 8 heteroatoms. The van der Waals surface area contributed by atoms with Crippen molar-refractivity contribution in [2.45, 2.75) is 56.7 Å². The van der Waals surface area contributed by atoms with Crippen LogP contribution in [-0.2, 0) is 4.74 Å². The van der Waals surface area contributed by atoms with Gasteiger partial charge in [0.1, 0.15) is 0 Å². The summed E-state index contributed by atoms with van der Waals surface area (Å²) in [5.74, 6) is -0.282. The molecule has 0 aromatic carbocycles. The van der Waals surface area contributed by atoms with E-state index in [0.717, 1.165) is 19.3 Å². The van der Waals surface area contributed by atoms with Gasteiger partial charge < -0.3 is 9.84 Å². The zero-order valence-corrected chi connectivity index (χ0v) is 10.1. The van der Waals surface area contributed by atoms with E-state index in [9.17, 15) is 31.4 Å². The molecule has 0 aromatic rings. The Morgan fingerprint density at radius 1 is 0.947 bits per heavy atom. The first kappa shape index (κ1) is 16.6. The van der Waals surface area contributed by atoms with Crippen molar-refractivity contribution in [3.05, 3.63) is 0 Å². The van der Waals surface area contributed by atoms with Gasteiger partial charge in [-0.05, 0) is 18.8 Å². The second-order valence-corrected chi connectivity index (χ2v) is 4.76. The predicted octanol–water partition coefficient (Wildman–Crippen LogP) is 3.44. The first-order valence-corrected chi connectivity index (χ1v) is 6.05. The topological polar surface area (TPSA) is 29.5 Å². The van der Waals surface area contributed by atoms with Crippen LogP contribution in [0.5, 0.6) is 0 Å². The lowest BCUT2D eigenvalue weighted by molar-refractivity contribution is -0.325. The summed E-state index contributed by atoms with van der Waals surface area (Å²) in [5.41, 5.74) is 0. The molecule has 1 unspecified atom stereocenters. The monoisotopic (exact) mass is 294 g/mol. The third kappa shape index (κ3) is 5.18. The van der Waals surface area contributed by atoms with E-state index in [1.165, 1.54) is 0 Å². The summed E-state index contributed by atoms with van der Waals surface area (Å²) >= 11 is 0. The zero-order valence-electron chi connectivity index (χ0n) is 10.1. The molecular formula is C11H16F6O2. The van der Waals surface area contributed by atoms with E-state index in [4.69, 9.17) is 0 Å². The fraction of sp³-hybridized carbons (Fsp3) is 1.00. The van der Waals surface area contributed by atoms with E-state index in [-0.39, 0.29) is 5.92 Å². The smallest absolute Gasteiger partial charge is 0.390 e. The summed E-state index contributed by atoms with van der Waals surface area (Å²) in [6.07, 6.45) is -12.3. The van der Waals surface area contributed by atoms with Crippen LogP contribution in [0.15, 0.2) is 0 Å². The summed E-state index contributed by atoms with van der Waals surface area (Å²) < 4.78 is 77.0. The summed E-state index contributed by atoms with van der Waals surface area (Å²) in [4.78, 5) is 0. The van der Waals surface area contributed by atoms with Crippen LogP contribution in [0.4, 0.5) is 26.3 Å². The number of hydrogen-bond donors (Lipinski definition) is 1. The molecule has 19 heavy (non-hydrogen) atoms. The average molecular weight is 294 g/mol. The highest BCUT2D eigenvalue weighted by atomic mass is 19.4. The minimum Gasteiger partial charge on any atom is -0.390 e. The second-order valence-electron chi connectivity index (χ2n) is 4.76. The normalized spacial score (nSPS) is 20.8. The number of hydrogen-bond acceptors (Lipinski definition) is 2. The minimum absolute atomic E-state index is 0.282. The molecule has 2 nitrogen and oxygen atoms in total. The summed E-state index contributed by atoms with van der Waals surface area (Å²) in [6, 6.07) is 0. The number of aliphatic hydroxyl groups excluding tert-OH is 1. The third-order valence-corrected chi connectivity index (χ3v) is 3.22. The highest BCUT2D eigenvalue weighted by Crippen LogP contribution is 2.36. The number of halogens is 6. The van der Waals surface area contributed by atoms with Crippen molar-refractivity contribution in [3.8, 4) is 0 Å². The Morgan fingerprint density at radius 2 is 1.42 bits per heavy atom. The molecule has 0 spiro atoms. The van der Waals surface area contributed by atoms with E-state index < -0.39 is 31.2 Å². The molecule has 1 atom stereocenters. The van der Waals surface area contributed by atoms with Crippen LogP contribution in [0, 0.1) is 5.92 Å².